The lowest BCUT2D eigenvalue weighted by Gasteiger charge is -2.37. The predicted octanol–water partition coefficient (Wildman–Crippen LogP) is 0.913. The Balaban J connectivity index is 1.29. The van der Waals surface area contributed by atoms with Crippen LogP contribution < -0.4 is 0 Å². The van der Waals surface area contributed by atoms with Crippen LogP contribution in [0.25, 0.3) is 0 Å². The van der Waals surface area contributed by atoms with Crippen LogP contribution in [0.15, 0.2) is 0 Å². The van der Waals surface area contributed by atoms with Gasteiger partial charge < -0.3 is 37.9 Å². The van der Waals surface area contributed by atoms with Crippen molar-refractivity contribution in [3.8, 4) is 0 Å². The van der Waals surface area contributed by atoms with Gasteiger partial charge in [-0.1, -0.05) is 0 Å². The van der Waals surface area contributed by atoms with Crippen LogP contribution in [-0.2, 0) is 37.9 Å². The summed E-state index contributed by atoms with van der Waals surface area (Å²) in [7, 11) is 0. The fourth-order valence-corrected chi connectivity index (χ4v) is 4.18. The second-order valence-electron chi connectivity index (χ2n) is 8.21. The average Bonchev–Trinajstić information content (AvgIpc) is 3.15. The van der Waals surface area contributed by atoms with E-state index >= 15 is 0 Å². The zero-order valence-electron chi connectivity index (χ0n) is 15.0. The number of fused-ring (bicyclic) bond motifs is 4. The molecule has 0 N–H and O–H groups in total. The molecule has 5 aliphatic rings. The van der Waals surface area contributed by atoms with E-state index in [1.165, 1.54) is 0 Å². The van der Waals surface area contributed by atoms with Crippen molar-refractivity contribution in [2.24, 2.45) is 0 Å². The quantitative estimate of drug-likeness (QED) is 0.689. The van der Waals surface area contributed by atoms with Crippen molar-refractivity contribution in [3.63, 3.8) is 0 Å². The third-order valence-electron chi connectivity index (χ3n) is 5.25. The SMILES string of the molecule is CC1(C)O[C@H]2[C@@H](O1)[C@@H](CO[C@H]1OCC[C@@H]3O[C@H]13)O[C@@H]1OC(C)(C)O[C@@H]12. The smallest absolute Gasteiger partial charge is 0.190 e. The summed E-state index contributed by atoms with van der Waals surface area (Å²) in [6, 6.07) is 0. The van der Waals surface area contributed by atoms with Gasteiger partial charge in [-0.15, -0.1) is 0 Å². The van der Waals surface area contributed by atoms with Crippen LogP contribution in [0.2, 0.25) is 0 Å². The first-order valence-electron chi connectivity index (χ1n) is 9.07. The van der Waals surface area contributed by atoms with Gasteiger partial charge in [0.1, 0.15) is 30.5 Å². The Morgan fingerprint density at radius 2 is 1.56 bits per heavy atom. The molecule has 142 valence electrons. The Morgan fingerprint density at radius 1 is 0.840 bits per heavy atom. The van der Waals surface area contributed by atoms with Crippen LogP contribution >= 0.6 is 0 Å². The normalized spacial score (nSPS) is 52.3. The average molecular weight is 358 g/mol. The van der Waals surface area contributed by atoms with Gasteiger partial charge in [-0.25, -0.2) is 0 Å². The fraction of sp³-hybridized carbons (Fsp3) is 1.00. The molecule has 5 rings (SSSR count). The molecular formula is C17H26O8. The van der Waals surface area contributed by atoms with Gasteiger partial charge in [0.05, 0.1) is 19.3 Å². The minimum Gasteiger partial charge on any atom is -0.364 e. The zero-order valence-corrected chi connectivity index (χ0v) is 15.0. The minimum absolute atomic E-state index is 0.0445. The lowest BCUT2D eigenvalue weighted by atomic mass is 9.99. The number of rotatable bonds is 3. The monoisotopic (exact) mass is 358 g/mol. The van der Waals surface area contributed by atoms with Gasteiger partial charge in [-0.05, 0) is 34.1 Å². The van der Waals surface area contributed by atoms with E-state index in [-0.39, 0.29) is 42.9 Å². The summed E-state index contributed by atoms with van der Waals surface area (Å²) < 4.78 is 47.3. The summed E-state index contributed by atoms with van der Waals surface area (Å²) in [5.41, 5.74) is 0. The predicted molar refractivity (Wildman–Crippen MR) is 81.5 cm³/mol. The molecule has 0 spiro atoms. The molecule has 0 radical (unpaired) electrons. The number of ether oxygens (including phenoxy) is 8. The molecule has 0 bridgehead atoms. The highest BCUT2D eigenvalue weighted by Crippen LogP contribution is 2.44. The maximum atomic E-state index is 6.12. The van der Waals surface area contributed by atoms with Crippen molar-refractivity contribution < 1.29 is 37.9 Å². The molecular weight excluding hydrogens is 332 g/mol. The standard InChI is InChI=1S/C17H26O8/c1-16(2)22-10-9(7-19-14-11-8(20-11)5-6-18-14)21-15-13(12(10)23-16)24-17(3,4)25-15/h8-15H,5-7H2,1-4H3/t8-,9+,10-,11-,12-,13+,14+,15+/m0/s1. The highest BCUT2D eigenvalue weighted by Gasteiger charge is 2.61. The Labute approximate surface area is 146 Å². The van der Waals surface area contributed by atoms with Crippen molar-refractivity contribution in [3.05, 3.63) is 0 Å². The van der Waals surface area contributed by atoms with Gasteiger partial charge in [-0.3, -0.25) is 0 Å². The number of epoxide rings is 1. The Kier molecular flexibility index (Phi) is 3.76. The van der Waals surface area contributed by atoms with Crippen LogP contribution in [0.4, 0.5) is 0 Å². The molecule has 0 unspecified atom stereocenters. The van der Waals surface area contributed by atoms with Gasteiger partial charge in [0.2, 0.25) is 0 Å². The fourth-order valence-electron chi connectivity index (χ4n) is 4.18. The number of hydrogen-bond acceptors (Lipinski definition) is 8. The molecule has 5 fully saturated rings. The second kappa shape index (κ2) is 5.59. The second-order valence-corrected chi connectivity index (χ2v) is 8.21. The topological polar surface area (TPSA) is 77.1 Å². The van der Waals surface area contributed by atoms with E-state index in [9.17, 15) is 0 Å². The molecule has 5 aliphatic heterocycles. The lowest BCUT2D eigenvalue weighted by Crippen LogP contribution is -2.56. The van der Waals surface area contributed by atoms with E-state index in [1.54, 1.807) is 0 Å². The van der Waals surface area contributed by atoms with E-state index in [2.05, 4.69) is 0 Å². The van der Waals surface area contributed by atoms with Crippen LogP contribution in [0, 0.1) is 0 Å². The molecule has 0 aromatic heterocycles. The van der Waals surface area contributed by atoms with E-state index in [0.717, 1.165) is 6.42 Å². The first-order chi connectivity index (χ1) is 11.8. The maximum Gasteiger partial charge on any atom is 0.190 e. The summed E-state index contributed by atoms with van der Waals surface area (Å²) >= 11 is 0. The molecule has 0 aromatic carbocycles. The largest absolute Gasteiger partial charge is 0.364 e. The van der Waals surface area contributed by atoms with Crippen LogP contribution in [0.5, 0.6) is 0 Å². The van der Waals surface area contributed by atoms with Crippen LogP contribution in [0.3, 0.4) is 0 Å². The molecule has 5 heterocycles. The third kappa shape index (κ3) is 3.02. The first kappa shape index (κ1) is 16.8. The first-order valence-corrected chi connectivity index (χ1v) is 9.07. The molecule has 8 heteroatoms. The molecule has 5 saturated heterocycles. The van der Waals surface area contributed by atoms with E-state index in [4.69, 9.17) is 37.9 Å². The Bertz CT molecular complexity index is 537. The minimum atomic E-state index is -0.715. The molecule has 25 heavy (non-hydrogen) atoms. The Morgan fingerprint density at radius 3 is 2.40 bits per heavy atom. The highest BCUT2D eigenvalue weighted by molar-refractivity contribution is 5.00. The third-order valence-corrected chi connectivity index (χ3v) is 5.25. The van der Waals surface area contributed by atoms with Crippen molar-refractivity contribution in [1.82, 2.24) is 0 Å². The zero-order chi connectivity index (χ0) is 17.4. The van der Waals surface area contributed by atoms with Crippen LogP contribution in [0.1, 0.15) is 34.1 Å². The molecule has 0 amide bonds. The van der Waals surface area contributed by atoms with Gasteiger partial charge in [-0.2, -0.15) is 0 Å². The highest BCUT2D eigenvalue weighted by atomic mass is 16.9. The van der Waals surface area contributed by atoms with E-state index in [0.29, 0.717) is 13.2 Å². The lowest BCUT2D eigenvalue weighted by molar-refractivity contribution is -0.258. The molecule has 8 nitrogen and oxygen atoms in total. The number of hydrogen-bond donors (Lipinski definition) is 0. The summed E-state index contributed by atoms with van der Waals surface area (Å²) in [6.45, 7) is 8.52. The molecule has 0 saturated carbocycles. The molecule has 8 atom stereocenters. The van der Waals surface area contributed by atoms with Crippen molar-refractivity contribution in [2.45, 2.75) is 94.9 Å². The molecule has 0 aliphatic carbocycles. The molecule has 0 aromatic rings. The maximum absolute atomic E-state index is 6.12. The Hall–Kier alpha value is -0.320. The van der Waals surface area contributed by atoms with Crippen molar-refractivity contribution in [1.29, 1.82) is 0 Å². The van der Waals surface area contributed by atoms with E-state index < -0.39 is 17.9 Å². The van der Waals surface area contributed by atoms with Crippen molar-refractivity contribution >= 4 is 0 Å². The summed E-state index contributed by atoms with van der Waals surface area (Å²) in [5, 5.41) is 0. The van der Waals surface area contributed by atoms with Gasteiger partial charge >= 0.3 is 0 Å². The van der Waals surface area contributed by atoms with Crippen LogP contribution in [-0.4, -0.2) is 74.0 Å². The van der Waals surface area contributed by atoms with Gasteiger partial charge in [0, 0.05) is 0 Å². The van der Waals surface area contributed by atoms with Gasteiger partial charge in [0.15, 0.2) is 24.2 Å². The van der Waals surface area contributed by atoms with Crippen molar-refractivity contribution in [2.75, 3.05) is 13.2 Å². The summed E-state index contributed by atoms with van der Waals surface area (Å²) in [6.07, 6.45) is -0.776. The summed E-state index contributed by atoms with van der Waals surface area (Å²) in [4.78, 5) is 0. The van der Waals surface area contributed by atoms with E-state index in [1.807, 2.05) is 27.7 Å². The summed E-state index contributed by atoms with van der Waals surface area (Å²) in [5.74, 6) is -1.42. The van der Waals surface area contributed by atoms with Gasteiger partial charge in [0.25, 0.3) is 0 Å².